The van der Waals surface area contributed by atoms with E-state index in [-0.39, 0.29) is 18.8 Å². The molecule has 0 radical (unpaired) electrons. The number of benzene rings is 2. The number of hydrogen-bond acceptors (Lipinski definition) is 4. The fourth-order valence-corrected chi connectivity index (χ4v) is 2.01. The second-order valence-corrected chi connectivity index (χ2v) is 5.58. The molecule has 27 heavy (non-hydrogen) atoms. The van der Waals surface area contributed by atoms with E-state index in [0.717, 1.165) is 12.1 Å². The molecule has 0 bridgehead atoms. The zero-order chi connectivity index (χ0) is 19.9. The minimum atomic E-state index is -4.83. The second-order valence-electron chi connectivity index (χ2n) is 5.14. The van der Waals surface area contributed by atoms with Gasteiger partial charge in [0.05, 0.1) is 6.54 Å². The molecule has 0 spiro atoms. The molecule has 0 fully saturated rings. The lowest BCUT2D eigenvalue weighted by molar-refractivity contribution is -0.274. The van der Waals surface area contributed by atoms with Gasteiger partial charge in [0.15, 0.2) is 6.61 Å². The highest BCUT2D eigenvalue weighted by molar-refractivity contribution is 6.30. The van der Waals surface area contributed by atoms with Gasteiger partial charge >= 0.3 is 6.36 Å². The molecule has 0 aliphatic rings. The summed E-state index contributed by atoms with van der Waals surface area (Å²) >= 11 is 5.72. The molecule has 2 amide bonds. The Morgan fingerprint density at radius 1 is 1.00 bits per heavy atom. The summed E-state index contributed by atoms with van der Waals surface area (Å²) < 4.78 is 45.5. The highest BCUT2D eigenvalue weighted by Crippen LogP contribution is 2.24. The molecule has 2 aromatic carbocycles. The average Bonchev–Trinajstić information content (AvgIpc) is 2.58. The minimum Gasteiger partial charge on any atom is -0.484 e. The number of halogens is 4. The molecule has 144 valence electrons. The van der Waals surface area contributed by atoms with E-state index in [1.165, 1.54) is 12.1 Å². The average molecular weight is 403 g/mol. The van der Waals surface area contributed by atoms with Crippen molar-refractivity contribution in [1.29, 1.82) is 0 Å². The summed E-state index contributed by atoms with van der Waals surface area (Å²) in [6.07, 6.45) is -4.83. The monoisotopic (exact) mass is 402 g/mol. The van der Waals surface area contributed by atoms with Gasteiger partial charge in [0.2, 0.25) is 5.91 Å². The molecule has 2 N–H and O–H groups in total. The van der Waals surface area contributed by atoms with E-state index < -0.39 is 23.9 Å². The number of rotatable bonds is 7. The summed E-state index contributed by atoms with van der Waals surface area (Å²) in [6, 6.07) is 11.1. The quantitative estimate of drug-likeness (QED) is 0.744. The van der Waals surface area contributed by atoms with Crippen LogP contribution in [0.3, 0.4) is 0 Å². The van der Waals surface area contributed by atoms with Crippen LogP contribution >= 0.6 is 11.6 Å². The minimum absolute atomic E-state index is 0.0911. The summed E-state index contributed by atoms with van der Waals surface area (Å²) in [5.41, 5.74) is 0.0911. The van der Waals surface area contributed by atoms with Crippen LogP contribution in [0, 0.1) is 0 Å². The Kier molecular flexibility index (Phi) is 6.89. The van der Waals surface area contributed by atoms with Crippen molar-refractivity contribution in [2.24, 2.45) is 0 Å². The molecular weight excluding hydrogens is 389 g/mol. The van der Waals surface area contributed by atoms with Gasteiger partial charge in [-0.1, -0.05) is 17.7 Å². The third-order valence-corrected chi connectivity index (χ3v) is 3.23. The van der Waals surface area contributed by atoms with Gasteiger partial charge < -0.3 is 20.1 Å². The van der Waals surface area contributed by atoms with E-state index in [9.17, 15) is 22.8 Å². The molecule has 2 aromatic rings. The predicted molar refractivity (Wildman–Crippen MR) is 91.7 cm³/mol. The highest BCUT2D eigenvalue weighted by Gasteiger charge is 2.31. The lowest BCUT2D eigenvalue weighted by atomic mass is 10.3. The zero-order valence-corrected chi connectivity index (χ0v) is 14.4. The second kappa shape index (κ2) is 9.13. The van der Waals surface area contributed by atoms with Crippen LogP contribution in [0.4, 0.5) is 18.9 Å². The zero-order valence-electron chi connectivity index (χ0n) is 13.7. The Hall–Kier alpha value is -2.94. The Balaban J connectivity index is 1.76. The summed E-state index contributed by atoms with van der Waals surface area (Å²) in [5, 5.41) is 5.19. The first-order valence-corrected chi connectivity index (χ1v) is 7.90. The van der Waals surface area contributed by atoms with Crippen molar-refractivity contribution in [3.05, 3.63) is 53.6 Å². The standard InChI is InChI=1S/C17H14ClF3N2O4/c18-11-4-6-13(7-5-11)26-10-16(25)22-9-15(24)23-12-2-1-3-14(8-12)27-17(19,20)21/h1-8H,9-10H2,(H,22,25)(H,23,24). The van der Waals surface area contributed by atoms with Gasteiger partial charge in [-0.15, -0.1) is 13.2 Å². The summed E-state index contributed by atoms with van der Waals surface area (Å²) in [7, 11) is 0. The van der Waals surface area contributed by atoms with E-state index in [0.29, 0.717) is 10.8 Å². The number of anilines is 1. The van der Waals surface area contributed by atoms with Gasteiger partial charge in [-0.2, -0.15) is 0 Å². The smallest absolute Gasteiger partial charge is 0.484 e. The first-order valence-electron chi connectivity index (χ1n) is 7.52. The van der Waals surface area contributed by atoms with Crippen molar-refractivity contribution in [1.82, 2.24) is 5.32 Å². The molecule has 0 saturated carbocycles. The van der Waals surface area contributed by atoms with Crippen LogP contribution in [0.1, 0.15) is 0 Å². The third-order valence-electron chi connectivity index (χ3n) is 2.98. The van der Waals surface area contributed by atoms with Gasteiger partial charge in [-0.05, 0) is 36.4 Å². The number of carbonyl (C=O) groups is 2. The maximum absolute atomic E-state index is 12.2. The van der Waals surface area contributed by atoms with Crippen LogP contribution in [0.15, 0.2) is 48.5 Å². The van der Waals surface area contributed by atoms with E-state index in [1.807, 2.05) is 0 Å². The SMILES string of the molecule is O=C(COc1ccc(Cl)cc1)NCC(=O)Nc1cccc(OC(F)(F)F)c1. The van der Waals surface area contributed by atoms with Gasteiger partial charge in [0, 0.05) is 16.8 Å². The van der Waals surface area contributed by atoms with Crippen molar-refractivity contribution in [2.45, 2.75) is 6.36 Å². The topological polar surface area (TPSA) is 76.7 Å². The number of hydrogen-bond donors (Lipinski definition) is 2. The first-order chi connectivity index (χ1) is 12.7. The van der Waals surface area contributed by atoms with Crippen molar-refractivity contribution in [3.8, 4) is 11.5 Å². The number of amides is 2. The van der Waals surface area contributed by atoms with Crippen LogP contribution < -0.4 is 20.1 Å². The van der Waals surface area contributed by atoms with E-state index >= 15 is 0 Å². The Morgan fingerprint density at radius 3 is 2.37 bits per heavy atom. The van der Waals surface area contributed by atoms with Gasteiger partial charge in [-0.3, -0.25) is 9.59 Å². The van der Waals surface area contributed by atoms with Crippen LogP contribution in [0.25, 0.3) is 0 Å². The van der Waals surface area contributed by atoms with E-state index in [1.54, 1.807) is 24.3 Å². The molecular formula is C17H14ClF3N2O4. The molecule has 0 saturated heterocycles. The van der Waals surface area contributed by atoms with Crippen LogP contribution in [0.2, 0.25) is 5.02 Å². The van der Waals surface area contributed by atoms with Crippen LogP contribution in [0.5, 0.6) is 11.5 Å². The Bertz CT molecular complexity index is 798. The highest BCUT2D eigenvalue weighted by atomic mass is 35.5. The molecule has 0 aliphatic heterocycles. The van der Waals surface area contributed by atoms with Gasteiger partial charge in [-0.25, -0.2) is 0 Å². The molecule has 0 aliphatic carbocycles. The lowest BCUT2D eigenvalue weighted by Gasteiger charge is -2.11. The predicted octanol–water partition coefficient (Wildman–Crippen LogP) is 3.37. The van der Waals surface area contributed by atoms with Crippen molar-refractivity contribution < 1.29 is 32.2 Å². The molecule has 10 heteroatoms. The first kappa shape index (κ1) is 20.4. The summed E-state index contributed by atoms with van der Waals surface area (Å²) in [4.78, 5) is 23.4. The number of carbonyl (C=O) groups excluding carboxylic acids is 2. The molecule has 0 atom stereocenters. The van der Waals surface area contributed by atoms with Crippen LogP contribution in [-0.2, 0) is 9.59 Å². The largest absolute Gasteiger partial charge is 0.573 e. The van der Waals surface area contributed by atoms with Crippen molar-refractivity contribution in [2.75, 3.05) is 18.5 Å². The third kappa shape index (κ3) is 7.87. The number of nitrogens with one attached hydrogen (secondary N) is 2. The summed E-state index contributed by atoms with van der Waals surface area (Å²) in [5.74, 6) is -1.21. The molecule has 6 nitrogen and oxygen atoms in total. The van der Waals surface area contributed by atoms with Crippen molar-refractivity contribution >= 4 is 29.1 Å². The van der Waals surface area contributed by atoms with Gasteiger partial charge in [0.1, 0.15) is 11.5 Å². The molecule has 0 unspecified atom stereocenters. The fraction of sp³-hybridized carbons (Fsp3) is 0.176. The fourth-order valence-electron chi connectivity index (χ4n) is 1.89. The van der Waals surface area contributed by atoms with Crippen LogP contribution in [-0.4, -0.2) is 31.3 Å². The molecule has 0 heterocycles. The maximum atomic E-state index is 12.2. The maximum Gasteiger partial charge on any atom is 0.573 e. The Morgan fingerprint density at radius 2 is 1.70 bits per heavy atom. The molecule has 2 rings (SSSR count). The van der Waals surface area contributed by atoms with Crippen molar-refractivity contribution in [3.63, 3.8) is 0 Å². The number of alkyl halides is 3. The number of ether oxygens (including phenoxy) is 2. The lowest BCUT2D eigenvalue weighted by Crippen LogP contribution is -2.35. The molecule has 0 aromatic heterocycles. The van der Waals surface area contributed by atoms with Gasteiger partial charge in [0.25, 0.3) is 5.91 Å². The normalized spacial score (nSPS) is 10.8. The van der Waals surface area contributed by atoms with E-state index in [2.05, 4.69) is 15.4 Å². The Labute approximate surface area is 157 Å². The summed E-state index contributed by atoms with van der Waals surface area (Å²) in [6.45, 7) is -0.697. The van der Waals surface area contributed by atoms with E-state index in [4.69, 9.17) is 16.3 Å².